The minimum absolute atomic E-state index is 0.209. The van der Waals surface area contributed by atoms with Gasteiger partial charge in [0.25, 0.3) is 0 Å². The summed E-state index contributed by atoms with van der Waals surface area (Å²) in [6.45, 7) is 3.60. The standard InChI is InChI=1S/C12H16F3NO/c1-2-3-5-17-6-4-16-9-7-10(13)12(15)11(14)8-9/h7-8,16H,2-6H2,1H3. The van der Waals surface area contributed by atoms with Gasteiger partial charge in [-0.1, -0.05) is 13.3 Å². The molecule has 1 aromatic carbocycles. The van der Waals surface area contributed by atoms with Crippen molar-refractivity contribution >= 4 is 5.69 Å². The quantitative estimate of drug-likeness (QED) is 0.589. The molecule has 1 rings (SSSR count). The highest BCUT2D eigenvalue weighted by atomic mass is 19.2. The van der Waals surface area contributed by atoms with Crippen molar-refractivity contribution in [3.8, 4) is 0 Å². The van der Waals surface area contributed by atoms with Gasteiger partial charge in [-0.3, -0.25) is 0 Å². The summed E-state index contributed by atoms with van der Waals surface area (Å²) >= 11 is 0. The van der Waals surface area contributed by atoms with Crippen molar-refractivity contribution in [3.05, 3.63) is 29.6 Å². The van der Waals surface area contributed by atoms with E-state index in [0.717, 1.165) is 25.0 Å². The third kappa shape index (κ3) is 4.65. The SMILES string of the molecule is CCCCOCCNc1cc(F)c(F)c(F)c1. The van der Waals surface area contributed by atoms with Crippen molar-refractivity contribution < 1.29 is 17.9 Å². The molecule has 0 bridgehead atoms. The number of nitrogens with one attached hydrogen (secondary N) is 1. The average molecular weight is 247 g/mol. The van der Waals surface area contributed by atoms with Crippen molar-refractivity contribution in [2.75, 3.05) is 25.1 Å². The van der Waals surface area contributed by atoms with Crippen LogP contribution in [0.25, 0.3) is 0 Å². The summed E-state index contributed by atoms with van der Waals surface area (Å²) in [5, 5.41) is 2.76. The first kappa shape index (κ1) is 13.8. The molecule has 0 heterocycles. The van der Waals surface area contributed by atoms with Crippen LogP contribution < -0.4 is 5.32 Å². The normalized spacial score (nSPS) is 10.6. The molecule has 0 aliphatic rings. The molecule has 0 unspecified atom stereocenters. The third-order valence-corrected chi connectivity index (χ3v) is 2.20. The lowest BCUT2D eigenvalue weighted by Crippen LogP contribution is -2.10. The molecule has 0 saturated heterocycles. The summed E-state index contributed by atoms with van der Waals surface area (Å²) in [6.07, 6.45) is 2.04. The highest BCUT2D eigenvalue weighted by Crippen LogP contribution is 2.16. The summed E-state index contributed by atoms with van der Waals surface area (Å²) < 4.78 is 43.6. The van der Waals surface area contributed by atoms with E-state index in [1.165, 1.54) is 0 Å². The van der Waals surface area contributed by atoms with Crippen LogP contribution in [0.4, 0.5) is 18.9 Å². The fourth-order valence-electron chi connectivity index (χ4n) is 1.27. The molecular weight excluding hydrogens is 231 g/mol. The van der Waals surface area contributed by atoms with E-state index in [1.54, 1.807) is 0 Å². The minimum Gasteiger partial charge on any atom is -0.383 e. The first-order valence-corrected chi connectivity index (χ1v) is 5.61. The first-order valence-electron chi connectivity index (χ1n) is 5.61. The summed E-state index contributed by atoms with van der Waals surface area (Å²) in [5.41, 5.74) is 0.209. The zero-order valence-corrected chi connectivity index (χ0v) is 9.73. The fraction of sp³-hybridized carbons (Fsp3) is 0.500. The molecule has 0 aliphatic carbocycles. The molecule has 1 N–H and O–H groups in total. The molecule has 0 fully saturated rings. The predicted octanol–water partition coefficient (Wildman–Crippen LogP) is 3.33. The van der Waals surface area contributed by atoms with E-state index in [2.05, 4.69) is 12.2 Å². The molecule has 0 radical (unpaired) electrons. The number of halogens is 3. The van der Waals surface area contributed by atoms with Gasteiger partial charge in [-0.25, -0.2) is 13.2 Å². The van der Waals surface area contributed by atoms with Crippen LogP contribution in [0.1, 0.15) is 19.8 Å². The van der Waals surface area contributed by atoms with E-state index in [-0.39, 0.29) is 5.69 Å². The van der Waals surface area contributed by atoms with E-state index < -0.39 is 17.5 Å². The number of hydrogen-bond acceptors (Lipinski definition) is 2. The Kier molecular flexibility index (Phi) is 5.83. The Morgan fingerprint density at radius 3 is 2.35 bits per heavy atom. The van der Waals surface area contributed by atoms with Crippen LogP contribution in [-0.4, -0.2) is 19.8 Å². The highest BCUT2D eigenvalue weighted by molar-refractivity contribution is 5.43. The molecule has 96 valence electrons. The summed E-state index contributed by atoms with van der Waals surface area (Å²) in [5.74, 6) is -3.84. The molecular formula is C12H16F3NO. The van der Waals surface area contributed by atoms with Crippen LogP contribution in [-0.2, 0) is 4.74 Å². The van der Waals surface area contributed by atoms with Crippen LogP contribution >= 0.6 is 0 Å². The lowest BCUT2D eigenvalue weighted by atomic mass is 10.3. The maximum atomic E-state index is 12.8. The van der Waals surface area contributed by atoms with Gasteiger partial charge in [-0.15, -0.1) is 0 Å². The Balaban J connectivity index is 2.32. The zero-order chi connectivity index (χ0) is 12.7. The van der Waals surface area contributed by atoms with E-state index in [9.17, 15) is 13.2 Å². The Morgan fingerprint density at radius 2 is 1.76 bits per heavy atom. The molecule has 5 heteroatoms. The van der Waals surface area contributed by atoms with Crippen molar-refractivity contribution in [1.82, 2.24) is 0 Å². The van der Waals surface area contributed by atoms with Crippen molar-refractivity contribution in [2.45, 2.75) is 19.8 Å². The molecule has 2 nitrogen and oxygen atoms in total. The number of ether oxygens (including phenoxy) is 1. The average Bonchev–Trinajstić information content (AvgIpc) is 2.30. The van der Waals surface area contributed by atoms with Gasteiger partial charge in [0.1, 0.15) is 0 Å². The van der Waals surface area contributed by atoms with Gasteiger partial charge in [0, 0.05) is 31.0 Å². The van der Waals surface area contributed by atoms with Gasteiger partial charge in [-0.05, 0) is 6.42 Å². The second kappa shape index (κ2) is 7.17. The Hall–Kier alpha value is -1.23. The van der Waals surface area contributed by atoms with Crippen LogP contribution in [0, 0.1) is 17.5 Å². The highest BCUT2D eigenvalue weighted by Gasteiger charge is 2.09. The number of anilines is 1. The van der Waals surface area contributed by atoms with Gasteiger partial charge >= 0.3 is 0 Å². The molecule has 17 heavy (non-hydrogen) atoms. The number of benzene rings is 1. The van der Waals surface area contributed by atoms with Gasteiger partial charge in [-0.2, -0.15) is 0 Å². The molecule has 0 aliphatic heterocycles. The molecule has 0 saturated carbocycles. The van der Waals surface area contributed by atoms with Crippen LogP contribution in [0.15, 0.2) is 12.1 Å². The van der Waals surface area contributed by atoms with Gasteiger partial charge in [0.2, 0.25) is 0 Å². The van der Waals surface area contributed by atoms with E-state index >= 15 is 0 Å². The largest absolute Gasteiger partial charge is 0.383 e. The molecule has 0 atom stereocenters. The summed E-state index contributed by atoms with van der Waals surface area (Å²) in [6, 6.07) is 1.84. The molecule has 0 aromatic heterocycles. The fourth-order valence-corrected chi connectivity index (χ4v) is 1.27. The monoisotopic (exact) mass is 247 g/mol. The first-order chi connectivity index (χ1) is 8.15. The summed E-state index contributed by atoms with van der Waals surface area (Å²) in [4.78, 5) is 0. The van der Waals surface area contributed by atoms with Crippen LogP contribution in [0.3, 0.4) is 0 Å². The van der Waals surface area contributed by atoms with E-state index in [4.69, 9.17) is 4.74 Å². The summed E-state index contributed by atoms with van der Waals surface area (Å²) in [7, 11) is 0. The van der Waals surface area contributed by atoms with Crippen LogP contribution in [0.2, 0.25) is 0 Å². The second-order valence-corrected chi connectivity index (χ2v) is 3.65. The maximum Gasteiger partial charge on any atom is 0.194 e. The Morgan fingerprint density at radius 1 is 1.12 bits per heavy atom. The maximum absolute atomic E-state index is 12.8. The number of unbranched alkanes of at least 4 members (excludes halogenated alkanes) is 1. The van der Waals surface area contributed by atoms with Gasteiger partial charge in [0.15, 0.2) is 17.5 Å². The molecule has 0 spiro atoms. The van der Waals surface area contributed by atoms with Crippen molar-refractivity contribution in [3.63, 3.8) is 0 Å². The van der Waals surface area contributed by atoms with Gasteiger partial charge in [0.05, 0.1) is 6.61 Å². The zero-order valence-electron chi connectivity index (χ0n) is 9.73. The molecule has 1 aromatic rings. The minimum atomic E-state index is -1.45. The lowest BCUT2D eigenvalue weighted by Gasteiger charge is -2.08. The second-order valence-electron chi connectivity index (χ2n) is 3.65. The van der Waals surface area contributed by atoms with Crippen LogP contribution in [0.5, 0.6) is 0 Å². The Bertz CT molecular complexity index is 335. The van der Waals surface area contributed by atoms with Crippen molar-refractivity contribution in [2.24, 2.45) is 0 Å². The van der Waals surface area contributed by atoms with E-state index in [0.29, 0.717) is 19.8 Å². The molecule has 0 amide bonds. The van der Waals surface area contributed by atoms with Crippen molar-refractivity contribution in [1.29, 1.82) is 0 Å². The number of hydrogen-bond donors (Lipinski definition) is 1. The topological polar surface area (TPSA) is 21.3 Å². The Labute approximate surface area is 98.8 Å². The third-order valence-electron chi connectivity index (χ3n) is 2.20. The van der Waals surface area contributed by atoms with E-state index in [1.807, 2.05) is 0 Å². The predicted molar refractivity (Wildman–Crippen MR) is 60.5 cm³/mol. The smallest absolute Gasteiger partial charge is 0.194 e. The van der Waals surface area contributed by atoms with Gasteiger partial charge < -0.3 is 10.1 Å². The lowest BCUT2D eigenvalue weighted by molar-refractivity contribution is 0.141. The number of rotatable bonds is 7.